The number of aryl methyl sites for hydroxylation is 2. The Balaban J connectivity index is 1.32. The summed E-state index contributed by atoms with van der Waals surface area (Å²) in [6, 6.07) is 14.2. The van der Waals surface area contributed by atoms with Crippen molar-refractivity contribution >= 4 is 11.8 Å². The Bertz CT molecular complexity index is 998. The van der Waals surface area contributed by atoms with Crippen LogP contribution in [0.2, 0.25) is 0 Å². The second kappa shape index (κ2) is 13.4. The Morgan fingerprint density at radius 2 is 2.03 bits per heavy atom. The molecule has 1 aromatic heterocycles. The first-order valence-corrected chi connectivity index (χ1v) is 14.4. The highest BCUT2D eigenvalue weighted by Gasteiger charge is 2.52. The topological polar surface area (TPSA) is 74.7 Å². The number of aliphatic carboxylic acids is 1. The summed E-state index contributed by atoms with van der Waals surface area (Å²) in [4.78, 5) is 20.0. The number of fused-ring (bicyclic) bond motifs is 1. The Morgan fingerprint density at radius 3 is 2.81 bits per heavy atom. The molecule has 0 spiro atoms. The van der Waals surface area contributed by atoms with Crippen LogP contribution >= 0.6 is 0 Å². The number of aromatic nitrogens is 1. The van der Waals surface area contributed by atoms with Crippen LogP contribution in [0.3, 0.4) is 0 Å². The number of hydrogen-bond acceptors (Lipinski definition) is 5. The van der Waals surface area contributed by atoms with Gasteiger partial charge in [0, 0.05) is 31.9 Å². The number of pyridine rings is 1. The van der Waals surface area contributed by atoms with Gasteiger partial charge in [0.15, 0.2) is 0 Å². The maximum Gasteiger partial charge on any atom is 0.329 e. The molecule has 0 saturated carbocycles. The van der Waals surface area contributed by atoms with E-state index in [2.05, 4.69) is 36.2 Å². The molecule has 3 atom stereocenters. The quantitative estimate of drug-likeness (QED) is 0.303. The average molecular weight is 508 g/mol. The largest absolute Gasteiger partial charge is 0.480 e. The van der Waals surface area contributed by atoms with Crippen LogP contribution in [0.5, 0.6) is 0 Å². The molecule has 2 aliphatic heterocycles. The zero-order valence-corrected chi connectivity index (χ0v) is 22.8. The number of nitrogens with zero attached hydrogens (tertiary/aromatic N) is 2. The first kappa shape index (κ1) is 27.6. The number of benzene rings is 1. The molecule has 37 heavy (non-hydrogen) atoms. The van der Waals surface area contributed by atoms with Crippen LogP contribution in [0, 0.1) is 5.92 Å². The number of carboxylic acids is 1. The van der Waals surface area contributed by atoms with Crippen LogP contribution in [0.15, 0.2) is 42.5 Å². The van der Waals surface area contributed by atoms with Gasteiger partial charge in [-0.15, -0.1) is 0 Å². The third-order valence-corrected chi connectivity index (χ3v) is 8.27. The van der Waals surface area contributed by atoms with Gasteiger partial charge in [-0.05, 0) is 68.1 Å². The fourth-order valence-electron chi connectivity index (χ4n) is 6.20. The lowest BCUT2D eigenvalue weighted by Crippen LogP contribution is -2.55. The summed E-state index contributed by atoms with van der Waals surface area (Å²) in [6.45, 7) is 7.44. The number of likely N-dealkylation sites (tertiary alicyclic amines) is 1. The molecule has 2 aliphatic rings. The lowest BCUT2D eigenvalue weighted by Gasteiger charge is -2.43. The van der Waals surface area contributed by atoms with Crippen molar-refractivity contribution in [2.24, 2.45) is 5.92 Å². The van der Waals surface area contributed by atoms with Crippen molar-refractivity contribution in [3.05, 3.63) is 59.3 Å². The van der Waals surface area contributed by atoms with E-state index in [0.29, 0.717) is 13.2 Å². The molecular formula is C31H45N3O3. The number of nitrogens with one attached hydrogen (secondary N) is 1. The van der Waals surface area contributed by atoms with E-state index < -0.39 is 11.5 Å². The van der Waals surface area contributed by atoms with Crippen molar-refractivity contribution in [1.82, 2.24) is 9.88 Å². The molecule has 0 aliphatic carbocycles. The molecule has 1 aromatic carbocycles. The number of unbranched alkanes of at least 4 members (excludes halogenated alkanes) is 3. The molecule has 0 radical (unpaired) electrons. The SMILES string of the molecule is CCCCCC(C)C(C(=O)O)(c1ccccc1)N1CC[C@@H](OCCCCc2ccc3c(n2)NCCC3)C1. The standard InChI is InChI=1S/C31H45N3O3/c1-3-4-6-12-24(2)31(30(35)36,26-14-7-5-8-15-26)34-21-19-28(23-34)37-22-10-9-16-27-18-17-25-13-11-20-32-29(25)33-27/h5,7-8,14-15,17-18,24,28H,3-4,6,9-13,16,19-23H2,1-2H3,(H,32,33)(H,35,36)/t24?,28-,31?/m1/s1. The third kappa shape index (κ3) is 6.53. The number of hydrogen-bond donors (Lipinski definition) is 2. The summed E-state index contributed by atoms with van der Waals surface area (Å²) in [7, 11) is 0. The van der Waals surface area contributed by atoms with Crippen LogP contribution in [0.4, 0.5) is 5.82 Å². The van der Waals surface area contributed by atoms with Crippen molar-refractivity contribution in [2.75, 3.05) is 31.6 Å². The molecule has 1 saturated heterocycles. The molecule has 1 fully saturated rings. The van der Waals surface area contributed by atoms with E-state index in [0.717, 1.165) is 88.0 Å². The highest BCUT2D eigenvalue weighted by Crippen LogP contribution is 2.41. The van der Waals surface area contributed by atoms with Gasteiger partial charge in [0.25, 0.3) is 0 Å². The third-order valence-electron chi connectivity index (χ3n) is 8.27. The summed E-state index contributed by atoms with van der Waals surface area (Å²) >= 11 is 0. The smallest absolute Gasteiger partial charge is 0.329 e. The molecular weight excluding hydrogens is 462 g/mol. The molecule has 2 aromatic rings. The minimum absolute atomic E-state index is 0.0105. The Morgan fingerprint density at radius 1 is 1.19 bits per heavy atom. The van der Waals surface area contributed by atoms with Crippen LogP contribution in [-0.4, -0.2) is 53.3 Å². The first-order chi connectivity index (χ1) is 18.1. The first-order valence-electron chi connectivity index (χ1n) is 14.4. The molecule has 6 nitrogen and oxygen atoms in total. The number of ether oxygens (including phenoxy) is 1. The lowest BCUT2D eigenvalue weighted by atomic mass is 9.75. The zero-order valence-electron chi connectivity index (χ0n) is 22.8. The van der Waals surface area contributed by atoms with Gasteiger partial charge in [-0.2, -0.15) is 0 Å². The van der Waals surface area contributed by atoms with Crippen LogP contribution < -0.4 is 5.32 Å². The van der Waals surface area contributed by atoms with E-state index in [4.69, 9.17) is 9.72 Å². The molecule has 6 heteroatoms. The maximum atomic E-state index is 13.0. The van der Waals surface area contributed by atoms with E-state index >= 15 is 0 Å². The number of rotatable bonds is 14. The molecule has 0 bridgehead atoms. The number of anilines is 1. The maximum absolute atomic E-state index is 13.0. The van der Waals surface area contributed by atoms with Gasteiger partial charge in [-0.1, -0.05) is 69.5 Å². The van der Waals surface area contributed by atoms with E-state index in [1.165, 1.54) is 12.0 Å². The van der Waals surface area contributed by atoms with Gasteiger partial charge in [-0.25, -0.2) is 9.78 Å². The van der Waals surface area contributed by atoms with Gasteiger partial charge in [0.05, 0.1) is 6.10 Å². The molecule has 3 heterocycles. The van der Waals surface area contributed by atoms with Gasteiger partial charge >= 0.3 is 5.97 Å². The monoisotopic (exact) mass is 507 g/mol. The summed E-state index contributed by atoms with van der Waals surface area (Å²) < 4.78 is 6.28. The molecule has 2 N–H and O–H groups in total. The van der Waals surface area contributed by atoms with Gasteiger partial charge < -0.3 is 15.2 Å². The van der Waals surface area contributed by atoms with Crippen LogP contribution in [-0.2, 0) is 27.9 Å². The molecule has 0 amide bonds. The predicted molar refractivity (Wildman–Crippen MR) is 149 cm³/mol. The molecule has 202 valence electrons. The zero-order chi connectivity index (χ0) is 26.1. The summed E-state index contributed by atoms with van der Waals surface area (Å²) in [5.74, 6) is 0.335. The van der Waals surface area contributed by atoms with Crippen molar-refractivity contribution in [3.63, 3.8) is 0 Å². The highest BCUT2D eigenvalue weighted by atomic mass is 16.5. The minimum atomic E-state index is -1.01. The van der Waals surface area contributed by atoms with Gasteiger partial charge in [-0.3, -0.25) is 4.90 Å². The highest BCUT2D eigenvalue weighted by molar-refractivity contribution is 5.81. The minimum Gasteiger partial charge on any atom is -0.480 e. The van der Waals surface area contributed by atoms with Crippen molar-refractivity contribution in [1.29, 1.82) is 0 Å². The Hall–Kier alpha value is -2.44. The second-order valence-electron chi connectivity index (χ2n) is 10.9. The Labute approximate surface area is 222 Å². The fraction of sp³-hybridized carbons (Fsp3) is 0.613. The molecule has 2 unspecified atom stereocenters. The fourth-order valence-corrected chi connectivity index (χ4v) is 6.20. The lowest BCUT2D eigenvalue weighted by molar-refractivity contribution is -0.157. The van der Waals surface area contributed by atoms with Crippen molar-refractivity contribution < 1.29 is 14.6 Å². The van der Waals surface area contributed by atoms with Crippen molar-refractivity contribution in [2.45, 2.75) is 89.7 Å². The van der Waals surface area contributed by atoms with Crippen LogP contribution in [0.25, 0.3) is 0 Å². The number of carboxylic acid groups (broad SMARTS) is 1. The summed E-state index contributed by atoms with van der Waals surface area (Å²) in [6.07, 6.45) is 10.5. The van der Waals surface area contributed by atoms with E-state index in [1.807, 2.05) is 30.3 Å². The van der Waals surface area contributed by atoms with Gasteiger partial charge in [0.2, 0.25) is 0 Å². The predicted octanol–water partition coefficient (Wildman–Crippen LogP) is 6.05. The van der Waals surface area contributed by atoms with E-state index in [-0.39, 0.29) is 12.0 Å². The normalized spacial score (nSPS) is 20.1. The van der Waals surface area contributed by atoms with Crippen LogP contribution in [0.1, 0.15) is 82.0 Å². The second-order valence-corrected chi connectivity index (χ2v) is 10.9. The summed E-state index contributed by atoms with van der Waals surface area (Å²) in [5.41, 5.74) is 2.35. The van der Waals surface area contributed by atoms with E-state index in [1.54, 1.807) is 0 Å². The van der Waals surface area contributed by atoms with E-state index in [9.17, 15) is 9.90 Å². The van der Waals surface area contributed by atoms with Crippen molar-refractivity contribution in [3.8, 4) is 0 Å². The van der Waals surface area contributed by atoms with Gasteiger partial charge in [0.1, 0.15) is 11.4 Å². The summed E-state index contributed by atoms with van der Waals surface area (Å²) in [5, 5.41) is 14.1. The number of carbonyl (C=O) groups is 1. The average Bonchev–Trinajstić information content (AvgIpc) is 3.38. The molecule has 4 rings (SSSR count). The Kier molecular flexibility index (Phi) is 9.98.